The molecule has 3 nitrogen and oxygen atoms in total. The van der Waals surface area contributed by atoms with Gasteiger partial charge >= 0.3 is 0 Å². The number of fused-ring (bicyclic) bond motifs is 1. The van der Waals surface area contributed by atoms with Crippen LogP contribution in [0.4, 0.5) is 0 Å². The van der Waals surface area contributed by atoms with Gasteiger partial charge in [-0.2, -0.15) is 0 Å². The summed E-state index contributed by atoms with van der Waals surface area (Å²) in [5, 5.41) is 0. The zero-order valence-corrected chi connectivity index (χ0v) is 14.2. The molecule has 0 radical (unpaired) electrons. The zero-order chi connectivity index (χ0) is 16.4. The van der Waals surface area contributed by atoms with Gasteiger partial charge in [0, 0.05) is 38.4 Å². The molecule has 1 saturated heterocycles. The molecule has 0 aliphatic carbocycles. The van der Waals surface area contributed by atoms with Gasteiger partial charge in [0.1, 0.15) is 5.75 Å². The molecule has 124 valence electrons. The lowest BCUT2D eigenvalue weighted by atomic mass is 10.0. The van der Waals surface area contributed by atoms with Gasteiger partial charge < -0.3 is 9.64 Å². The molecule has 3 heteroatoms. The highest BCUT2D eigenvalue weighted by Gasteiger charge is 2.27. The molecule has 2 aromatic rings. The summed E-state index contributed by atoms with van der Waals surface area (Å²) < 4.78 is 5.24. The summed E-state index contributed by atoms with van der Waals surface area (Å²) in [6.07, 6.45) is 5.78. The SMILES string of the molecule is COc1ccc(CN2CCC(N3C=Cc4ccccc4C3)C2)cc1. The molecule has 1 atom stereocenters. The van der Waals surface area contributed by atoms with E-state index in [0.29, 0.717) is 6.04 Å². The Morgan fingerprint density at radius 3 is 2.75 bits per heavy atom. The monoisotopic (exact) mass is 320 g/mol. The average Bonchev–Trinajstić information content (AvgIpc) is 3.10. The van der Waals surface area contributed by atoms with Crippen LogP contribution in [0.3, 0.4) is 0 Å². The first-order valence-corrected chi connectivity index (χ1v) is 8.69. The summed E-state index contributed by atoms with van der Waals surface area (Å²) in [6, 6.07) is 17.8. The van der Waals surface area contributed by atoms with Crippen LogP contribution in [0.25, 0.3) is 6.08 Å². The average molecular weight is 320 g/mol. The summed E-state index contributed by atoms with van der Waals surface area (Å²) >= 11 is 0. The van der Waals surface area contributed by atoms with Crippen LogP contribution >= 0.6 is 0 Å². The van der Waals surface area contributed by atoms with Crippen molar-refractivity contribution in [3.8, 4) is 5.75 Å². The van der Waals surface area contributed by atoms with Crippen molar-refractivity contribution >= 4 is 6.08 Å². The van der Waals surface area contributed by atoms with Crippen molar-refractivity contribution < 1.29 is 4.74 Å². The Labute approximate surface area is 144 Å². The molecule has 0 spiro atoms. The second-order valence-electron chi connectivity index (χ2n) is 6.71. The third-order valence-electron chi connectivity index (χ3n) is 5.14. The maximum atomic E-state index is 5.24. The Morgan fingerprint density at radius 1 is 1.08 bits per heavy atom. The van der Waals surface area contributed by atoms with Crippen LogP contribution in [0.15, 0.2) is 54.7 Å². The zero-order valence-electron chi connectivity index (χ0n) is 14.2. The predicted molar refractivity (Wildman–Crippen MR) is 97.7 cm³/mol. The normalized spacial score (nSPS) is 20.2. The van der Waals surface area contributed by atoms with Crippen molar-refractivity contribution in [2.75, 3.05) is 20.2 Å². The van der Waals surface area contributed by atoms with Crippen molar-refractivity contribution in [3.63, 3.8) is 0 Å². The maximum Gasteiger partial charge on any atom is 0.118 e. The Morgan fingerprint density at radius 2 is 1.92 bits per heavy atom. The van der Waals surface area contributed by atoms with Gasteiger partial charge in [-0.05, 0) is 41.3 Å². The maximum absolute atomic E-state index is 5.24. The minimum absolute atomic E-state index is 0.618. The smallest absolute Gasteiger partial charge is 0.118 e. The summed E-state index contributed by atoms with van der Waals surface area (Å²) in [5.41, 5.74) is 4.16. The van der Waals surface area contributed by atoms with E-state index >= 15 is 0 Å². The summed E-state index contributed by atoms with van der Waals surface area (Å²) in [4.78, 5) is 5.07. The van der Waals surface area contributed by atoms with Gasteiger partial charge in [0.2, 0.25) is 0 Å². The molecule has 4 rings (SSSR count). The molecule has 0 amide bonds. The van der Waals surface area contributed by atoms with E-state index in [0.717, 1.165) is 25.4 Å². The standard InChI is InChI=1S/C21H24N2O/c1-24-21-8-6-17(7-9-21)14-22-12-11-20(16-22)23-13-10-18-4-2-3-5-19(18)15-23/h2-10,13,20H,11-12,14-16H2,1H3. The fourth-order valence-electron chi connectivity index (χ4n) is 3.73. The molecule has 2 aliphatic rings. The molecular weight excluding hydrogens is 296 g/mol. The summed E-state index contributed by atoms with van der Waals surface area (Å²) in [6.45, 7) is 4.36. The van der Waals surface area contributed by atoms with Crippen molar-refractivity contribution in [1.82, 2.24) is 9.80 Å². The third-order valence-corrected chi connectivity index (χ3v) is 5.14. The van der Waals surface area contributed by atoms with Crippen molar-refractivity contribution in [3.05, 3.63) is 71.4 Å². The van der Waals surface area contributed by atoms with Gasteiger partial charge in [-0.25, -0.2) is 0 Å². The number of ether oxygens (including phenoxy) is 1. The highest BCUT2D eigenvalue weighted by molar-refractivity contribution is 5.55. The van der Waals surface area contributed by atoms with E-state index < -0.39 is 0 Å². The van der Waals surface area contributed by atoms with E-state index in [-0.39, 0.29) is 0 Å². The van der Waals surface area contributed by atoms with Crippen molar-refractivity contribution in [2.24, 2.45) is 0 Å². The highest BCUT2D eigenvalue weighted by atomic mass is 16.5. The first-order chi connectivity index (χ1) is 11.8. The molecule has 0 bridgehead atoms. The minimum atomic E-state index is 0.618. The Kier molecular flexibility index (Phi) is 4.26. The number of hydrogen-bond acceptors (Lipinski definition) is 3. The van der Waals surface area contributed by atoms with Crippen LogP contribution < -0.4 is 4.74 Å². The lowest BCUT2D eigenvalue weighted by molar-refractivity contribution is 0.247. The van der Waals surface area contributed by atoms with E-state index in [1.54, 1.807) is 7.11 Å². The fraction of sp³-hybridized carbons (Fsp3) is 0.333. The highest BCUT2D eigenvalue weighted by Crippen LogP contribution is 2.26. The van der Waals surface area contributed by atoms with Gasteiger partial charge in [0.15, 0.2) is 0 Å². The lowest BCUT2D eigenvalue weighted by Crippen LogP contribution is -2.34. The number of nitrogens with zero attached hydrogens (tertiary/aromatic N) is 2. The van der Waals surface area contributed by atoms with Crippen LogP contribution in [0.2, 0.25) is 0 Å². The van der Waals surface area contributed by atoms with Gasteiger partial charge in [-0.15, -0.1) is 0 Å². The van der Waals surface area contributed by atoms with Crippen LogP contribution in [0.5, 0.6) is 5.75 Å². The molecule has 24 heavy (non-hydrogen) atoms. The van der Waals surface area contributed by atoms with E-state index in [4.69, 9.17) is 4.74 Å². The van der Waals surface area contributed by atoms with Crippen molar-refractivity contribution in [1.29, 1.82) is 0 Å². The Bertz CT molecular complexity index is 723. The fourth-order valence-corrected chi connectivity index (χ4v) is 3.73. The number of likely N-dealkylation sites (tertiary alicyclic amines) is 1. The molecule has 0 saturated carbocycles. The molecule has 2 aromatic carbocycles. The van der Waals surface area contributed by atoms with Gasteiger partial charge in [-0.3, -0.25) is 4.90 Å². The van der Waals surface area contributed by atoms with Crippen LogP contribution in [-0.4, -0.2) is 36.0 Å². The molecule has 1 fully saturated rings. The topological polar surface area (TPSA) is 15.7 Å². The van der Waals surface area contributed by atoms with E-state index in [1.165, 1.54) is 29.7 Å². The number of benzene rings is 2. The van der Waals surface area contributed by atoms with Crippen LogP contribution in [-0.2, 0) is 13.1 Å². The second kappa shape index (κ2) is 6.70. The number of methoxy groups -OCH3 is 1. The van der Waals surface area contributed by atoms with E-state index in [1.807, 2.05) is 12.1 Å². The third kappa shape index (κ3) is 3.17. The molecule has 2 heterocycles. The second-order valence-corrected chi connectivity index (χ2v) is 6.71. The first kappa shape index (κ1) is 15.3. The quantitative estimate of drug-likeness (QED) is 0.853. The predicted octanol–water partition coefficient (Wildman–Crippen LogP) is 3.76. The first-order valence-electron chi connectivity index (χ1n) is 8.69. The molecule has 0 N–H and O–H groups in total. The molecular formula is C21H24N2O. The van der Waals surface area contributed by atoms with Gasteiger partial charge in [0.05, 0.1) is 7.11 Å². The summed E-state index contributed by atoms with van der Waals surface area (Å²) in [5.74, 6) is 0.926. The van der Waals surface area contributed by atoms with Gasteiger partial charge in [0.25, 0.3) is 0 Å². The Hall–Kier alpha value is -2.26. The number of rotatable bonds is 4. The van der Waals surface area contributed by atoms with E-state index in [9.17, 15) is 0 Å². The molecule has 1 unspecified atom stereocenters. The summed E-state index contributed by atoms with van der Waals surface area (Å²) in [7, 11) is 1.71. The largest absolute Gasteiger partial charge is 0.497 e. The number of hydrogen-bond donors (Lipinski definition) is 0. The van der Waals surface area contributed by atoms with Crippen molar-refractivity contribution in [2.45, 2.75) is 25.6 Å². The van der Waals surface area contributed by atoms with E-state index in [2.05, 4.69) is 58.5 Å². The minimum Gasteiger partial charge on any atom is -0.497 e. The molecule has 0 aromatic heterocycles. The lowest BCUT2D eigenvalue weighted by Gasteiger charge is -2.31. The van der Waals surface area contributed by atoms with Crippen LogP contribution in [0.1, 0.15) is 23.1 Å². The van der Waals surface area contributed by atoms with Crippen LogP contribution in [0, 0.1) is 0 Å². The molecule has 2 aliphatic heterocycles. The Balaban J connectivity index is 1.37. The van der Waals surface area contributed by atoms with Gasteiger partial charge in [-0.1, -0.05) is 36.4 Å².